The second kappa shape index (κ2) is 9.64. The van der Waals surface area contributed by atoms with E-state index in [4.69, 9.17) is 9.47 Å². The Morgan fingerprint density at radius 1 is 1.03 bits per heavy atom. The van der Waals surface area contributed by atoms with Crippen LogP contribution in [0.1, 0.15) is 34.3 Å². The number of methoxy groups -OCH3 is 1. The third kappa shape index (κ3) is 5.91. The topological polar surface area (TPSA) is 93.7 Å². The second-order valence-corrected chi connectivity index (χ2v) is 9.73. The van der Waals surface area contributed by atoms with Gasteiger partial charge in [-0.2, -0.15) is 0 Å². The van der Waals surface area contributed by atoms with Gasteiger partial charge in [-0.3, -0.25) is 4.79 Å². The van der Waals surface area contributed by atoms with Gasteiger partial charge in [0.2, 0.25) is 10.0 Å². The van der Waals surface area contributed by atoms with Crippen LogP contribution in [-0.2, 0) is 16.6 Å². The average Bonchev–Trinajstić information content (AvgIpc) is 3.61. The van der Waals surface area contributed by atoms with Gasteiger partial charge in [0.1, 0.15) is 18.1 Å². The molecule has 0 bridgehead atoms. The maximum absolute atomic E-state index is 12.9. The van der Waals surface area contributed by atoms with Crippen LogP contribution in [0.15, 0.2) is 71.6 Å². The van der Waals surface area contributed by atoms with Crippen molar-refractivity contribution < 1.29 is 22.7 Å². The zero-order valence-corrected chi connectivity index (χ0v) is 19.3. The zero-order chi connectivity index (χ0) is 23.4. The Balaban J connectivity index is 1.49. The Bertz CT molecular complexity index is 1270. The minimum absolute atomic E-state index is 0.0160. The number of ether oxygens (including phenoxy) is 2. The zero-order valence-electron chi connectivity index (χ0n) is 18.5. The molecule has 0 aliphatic heterocycles. The molecule has 3 aromatic rings. The van der Waals surface area contributed by atoms with Gasteiger partial charge in [0, 0.05) is 11.6 Å². The van der Waals surface area contributed by atoms with Crippen molar-refractivity contribution in [2.75, 3.05) is 12.4 Å². The van der Waals surface area contributed by atoms with Crippen molar-refractivity contribution in [1.82, 2.24) is 4.72 Å². The number of sulfonamides is 1. The fraction of sp³-hybridized carbons (Fsp3) is 0.240. The molecule has 0 spiro atoms. The SMILES string of the molecule is COc1ccc(S(=O)(=O)NC2CC2)cc1NC(=O)c1cccc(OCc2cccc(C)c2)c1. The molecule has 0 radical (unpaired) electrons. The first-order chi connectivity index (χ1) is 15.8. The number of benzene rings is 3. The van der Waals surface area contributed by atoms with Crippen LogP contribution in [0, 0.1) is 6.92 Å². The van der Waals surface area contributed by atoms with Gasteiger partial charge < -0.3 is 14.8 Å². The van der Waals surface area contributed by atoms with Crippen molar-refractivity contribution in [2.45, 2.75) is 37.3 Å². The van der Waals surface area contributed by atoms with Gasteiger partial charge in [-0.1, -0.05) is 35.9 Å². The van der Waals surface area contributed by atoms with E-state index in [1.165, 1.54) is 25.3 Å². The van der Waals surface area contributed by atoms with Crippen LogP contribution in [0.2, 0.25) is 0 Å². The molecule has 33 heavy (non-hydrogen) atoms. The molecule has 7 nitrogen and oxygen atoms in total. The Labute approximate surface area is 193 Å². The lowest BCUT2D eigenvalue weighted by atomic mass is 10.1. The summed E-state index contributed by atoms with van der Waals surface area (Å²) in [5, 5.41) is 2.76. The third-order valence-electron chi connectivity index (χ3n) is 5.21. The van der Waals surface area contributed by atoms with E-state index in [0.29, 0.717) is 23.7 Å². The Kier molecular flexibility index (Phi) is 6.67. The Morgan fingerprint density at radius 2 is 1.82 bits per heavy atom. The summed E-state index contributed by atoms with van der Waals surface area (Å²) in [7, 11) is -2.21. The van der Waals surface area contributed by atoms with Crippen LogP contribution in [0.4, 0.5) is 5.69 Å². The quantitative estimate of drug-likeness (QED) is 0.491. The molecule has 1 amide bonds. The number of carbonyl (C=O) groups excluding carboxylic acids is 1. The van der Waals surface area contributed by atoms with Crippen LogP contribution in [0.3, 0.4) is 0 Å². The minimum atomic E-state index is -3.67. The summed E-state index contributed by atoms with van der Waals surface area (Å²) in [6, 6.07) is 19.2. The lowest BCUT2D eigenvalue weighted by molar-refractivity contribution is 0.102. The van der Waals surface area contributed by atoms with E-state index < -0.39 is 15.9 Å². The van der Waals surface area contributed by atoms with E-state index in [1.807, 2.05) is 31.2 Å². The highest BCUT2D eigenvalue weighted by atomic mass is 32.2. The van der Waals surface area contributed by atoms with Crippen LogP contribution in [0.25, 0.3) is 0 Å². The predicted octanol–water partition coefficient (Wildman–Crippen LogP) is 4.28. The largest absolute Gasteiger partial charge is 0.495 e. The fourth-order valence-corrected chi connectivity index (χ4v) is 4.66. The molecule has 1 saturated carbocycles. The number of aryl methyl sites for hydroxylation is 1. The van der Waals surface area contributed by atoms with Gasteiger partial charge in [-0.25, -0.2) is 13.1 Å². The van der Waals surface area contributed by atoms with E-state index in [1.54, 1.807) is 24.3 Å². The van der Waals surface area contributed by atoms with Crippen LogP contribution < -0.4 is 19.5 Å². The van der Waals surface area contributed by atoms with Gasteiger partial charge in [0.15, 0.2) is 0 Å². The van der Waals surface area contributed by atoms with Crippen molar-refractivity contribution in [2.24, 2.45) is 0 Å². The highest BCUT2D eigenvalue weighted by Crippen LogP contribution is 2.30. The summed E-state index contributed by atoms with van der Waals surface area (Å²) in [6.07, 6.45) is 1.67. The van der Waals surface area contributed by atoms with Crippen LogP contribution >= 0.6 is 0 Å². The molecule has 0 saturated heterocycles. The second-order valence-electron chi connectivity index (χ2n) is 8.02. The van der Waals surface area contributed by atoms with Gasteiger partial charge in [-0.05, 0) is 61.7 Å². The molecule has 0 atom stereocenters. The molecule has 1 aliphatic rings. The minimum Gasteiger partial charge on any atom is -0.495 e. The summed E-state index contributed by atoms with van der Waals surface area (Å²) in [4.78, 5) is 13.0. The van der Waals surface area contributed by atoms with Gasteiger partial charge in [0.05, 0.1) is 17.7 Å². The van der Waals surface area contributed by atoms with Crippen LogP contribution in [0.5, 0.6) is 11.5 Å². The van der Waals surface area contributed by atoms with Crippen molar-refractivity contribution in [3.05, 3.63) is 83.4 Å². The molecular weight excluding hydrogens is 440 g/mol. The number of amides is 1. The summed E-state index contributed by atoms with van der Waals surface area (Å²) in [6.45, 7) is 2.40. The normalized spacial score (nSPS) is 13.4. The lowest BCUT2D eigenvalue weighted by Gasteiger charge is -2.13. The van der Waals surface area contributed by atoms with E-state index in [9.17, 15) is 13.2 Å². The first-order valence-corrected chi connectivity index (χ1v) is 12.1. The molecule has 1 aliphatic carbocycles. The average molecular weight is 467 g/mol. The highest BCUT2D eigenvalue weighted by molar-refractivity contribution is 7.89. The van der Waals surface area contributed by atoms with E-state index in [-0.39, 0.29) is 16.6 Å². The molecule has 1 fully saturated rings. The molecule has 0 heterocycles. The molecule has 2 N–H and O–H groups in total. The fourth-order valence-electron chi connectivity index (χ4n) is 3.33. The number of rotatable bonds is 9. The first kappa shape index (κ1) is 22.8. The summed E-state index contributed by atoms with van der Waals surface area (Å²) in [5.74, 6) is 0.515. The molecule has 0 unspecified atom stereocenters. The number of anilines is 1. The molecular formula is C25H26N2O5S. The molecule has 3 aromatic carbocycles. The van der Waals surface area contributed by atoms with Crippen molar-refractivity contribution in [1.29, 1.82) is 0 Å². The number of nitrogens with one attached hydrogen (secondary N) is 2. The van der Waals surface area contributed by atoms with Gasteiger partial charge in [0.25, 0.3) is 5.91 Å². The maximum atomic E-state index is 12.9. The summed E-state index contributed by atoms with van der Waals surface area (Å²) in [5.41, 5.74) is 2.83. The molecule has 4 rings (SSSR count). The standard InChI is InChI=1S/C25H26N2O5S/c1-17-5-3-6-18(13-17)16-32-21-8-4-7-19(14-21)25(28)26-23-15-22(11-12-24(23)31-2)33(29,30)27-20-9-10-20/h3-8,11-15,20,27H,9-10,16H2,1-2H3,(H,26,28). The Hall–Kier alpha value is -3.36. The smallest absolute Gasteiger partial charge is 0.255 e. The lowest BCUT2D eigenvalue weighted by Crippen LogP contribution is -2.25. The number of hydrogen-bond donors (Lipinski definition) is 2. The van der Waals surface area contributed by atoms with Crippen molar-refractivity contribution in [3.63, 3.8) is 0 Å². The van der Waals surface area contributed by atoms with Gasteiger partial charge in [-0.15, -0.1) is 0 Å². The number of carbonyl (C=O) groups is 1. The third-order valence-corrected chi connectivity index (χ3v) is 6.73. The monoisotopic (exact) mass is 466 g/mol. The van der Waals surface area contributed by atoms with Crippen LogP contribution in [-0.4, -0.2) is 27.5 Å². The van der Waals surface area contributed by atoms with Crippen molar-refractivity contribution >= 4 is 21.6 Å². The van der Waals surface area contributed by atoms with E-state index in [2.05, 4.69) is 10.0 Å². The predicted molar refractivity (Wildman–Crippen MR) is 126 cm³/mol. The number of hydrogen-bond acceptors (Lipinski definition) is 5. The highest BCUT2D eigenvalue weighted by Gasteiger charge is 2.28. The van der Waals surface area contributed by atoms with Crippen molar-refractivity contribution in [3.8, 4) is 11.5 Å². The summed E-state index contributed by atoms with van der Waals surface area (Å²) >= 11 is 0. The first-order valence-electron chi connectivity index (χ1n) is 10.6. The van der Waals surface area contributed by atoms with E-state index >= 15 is 0 Å². The molecule has 0 aromatic heterocycles. The van der Waals surface area contributed by atoms with E-state index in [0.717, 1.165) is 24.0 Å². The molecule has 8 heteroatoms. The molecule has 172 valence electrons. The van der Waals surface area contributed by atoms with Gasteiger partial charge >= 0.3 is 0 Å². The maximum Gasteiger partial charge on any atom is 0.255 e. The summed E-state index contributed by atoms with van der Waals surface area (Å²) < 4.78 is 38.9. The Morgan fingerprint density at radius 3 is 2.55 bits per heavy atom.